The maximum atomic E-state index is 13.7. The van der Waals surface area contributed by atoms with Crippen molar-refractivity contribution >= 4 is 11.6 Å². The molecule has 156 valence electrons. The first-order valence-electron chi connectivity index (χ1n) is 9.89. The molecule has 1 aromatic carbocycles. The minimum absolute atomic E-state index is 0.269. The monoisotopic (exact) mass is 410 g/mol. The largest absolute Gasteiger partial charge is 0.496 e. The molecule has 0 unspecified atom stereocenters. The van der Waals surface area contributed by atoms with E-state index in [1.165, 1.54) is 12.1 Å². The quantitative estimate of drug-likeness (QED) is 0.787. The second-order valence-corrected chi connectivity index (χ2v) is 7.70. The van der Waals surface area contributed by atoms with E-state index >= 15 is 0 Å². The molecule has 1 amide bonds. The van der Waals surface area contributed by atoms with Crippen molar-refractivity contribution < 1.29 is 18.7 Å². The topological polar surface area (TPSA) is 87.5 Å². The molecule has 2 aliphatic rings. The van der Waals surface area contributed by atoms with Crippen LogP contribution < -0.4 is 15.0 Å². The highest BCUT2D eigenvalue weighted by Crippen LogP contribution is 2.40. The summed E-state index contributed by atoms with van der Waals surface area (Å²) in [6.45, 7) is 1.55. The van der Waals surface area contributed by atoms with E-state index in [9.17, 15) is 9.18 Å². The third-order valence-corrected chi connectivity index (χ3v) is 5.56. The SMILES string of the molecule is COc1ccc(F)cc1CC1(NC(=O)c2cc(N3CCO[C@H](C#N)C3)ccn2)CC1. The van der Waals surface area contributed by atoms with E-state index in [1.807, 2.05) is 11.0 Å². The average Bonchev–Trinajstić information content (AvgIpc) is 3.52. The number of methoxy groups -OCH3 is 1. The number of rotatable bonds is 6. The summed E-state index contributed by atoms with van der Waals surface area (Å²) in [5, 5.41) is 12.2. The molecule has 2 heterocycles. The van der Waals surface area contributed by atoms with E-state index < -0.39 is 11.6 Å². The Balaban J connectivity index is 1.47. The molecule has 7 nitrogen and oxygen atoms in total. The summed E-state index contributed by atoms with van der Waals surface area (Å²) < 4.78 is 24.4. The van der Waals surface area contributed by atoms with Crippen molar-refractivity contribution in [2.45, 2.75) is 30.9 Å². The van der Waals surface area contributed by atoms with Crippen molar-refractivity contribution in [3.63, 3.8) is 0 Å². The summed E-state index contributed by atoms with van der Waals surface area (Å²) in [5.41, 5.74) is 1.45. The van der Waals surface area contributed by atoms with Gasteiger partial charge in [-0.2, -0.15) is 5.26 Å². The number of benzene rings is 1. The number of amides is 1. The Morgan fingerprint density at radius 3 is 3.00 bits per heavy atom. The first kappa shape index (κ1) is 20.1. The Hall–Kier alpha value is -3.18. The number of nitriles is 1. The second-order valence-electron chi connectivity index (χ2n) is 7.70. The summed E-state index contributed by atoms with van der Waals surface area (Å²) in [7, 11) is 1.55. The molecule has 1 saturated heterocycles. The number of ether oxygens (including phenoxy) is 2. The normalized spacial score (nSPS) is 19.6. The van der Waals surface area contributed by atoms with Crippen LogP contribution in [-0.2, 0) is 11.2 Å². The molecule has 8 heteroatoms. The predicted molar refractivity (Wildman–Crippen MR) is 108 cm³/mol. The van der Waals surface area contributed by atoms with Crippen LogP contribution in [0.5, 0.6) is 5.75 Å². The van der Waals surface area contributed by atoms with E-state index in [2.05, 4.69) is 16.4 Å². The molecule has 4 rings (SSSR count). The van der Waals surface area contributed by atoms with Gasteiger partial charge in [-0.15, -0.1) is 0 Å². The lowest BCUT2D eigenvalue weighted by Gasteiger charge is -2.31. The van der Waals surface area contributed by atoms with Crippen LogP contribution in [0.15, 0.2) is 36.5 Å². The van der Waals surface area contributed by atoms with Crippen molar-refractivity contribution in [1.82, 2.24) is 10.3 Å². The highest BCUT2D eigenvalue weighted by Gasteiger charge is 2.45. The second kappa shape index (κ2) is 8.28. The number of carbonyl (C=O) groups is 1. The Kier molecular flexibility index (Phi) is 5.55. The van der Waals surface area contributed by atoms with Crippen molar-refractivity contribution in [3.8, 4) is 11.8 Å². The summed E-state index contributed by atoms with van der Waals surface area (Å²) in [5.74, 6) is 0.00898. The number of halogens is 1. The number of aromatic nitrogens is 1. The Labute approximate surface area is 174 Å². The molecule has 0 radical (unpaired) electrons. The van der Waals surface area contributed by atoms with Gasteiger partial charge in [0.2, 0.25) is 0 Å². The number of nitrogens with one attached hydrogen (secondary N) is 1. The smallest absolute Gasteiger partial charge is 0.270 e. The fourth-order valence-electron chi connectivity index (χ4n) is 3.75. The van der Waals surface area contributed by atoms with Crippen LogP contribution in [0, 0.1) is 17.1 Å². The Morgan fingerprint density at radius 1 is 1.43 bits per heavy atom. The first-order chi connectivity index (χ1) is 14.5. The number of hydrogen-bond donors (Lipinski definition) is 1. The van der Waals surface area contributed by atoms with Crippen LogP contribution in [0.1, 0.15) is 28.9 Å². The van der Waals surface area contributed by atoms with Gasteiger partial charge in [-0.25, -0.2) is 4.39 Å². The van der Waals surface area contributed by atoms with Crippen molar-refractivity contribution in [1.29, 1.82) is 5.26 Å². The number of hydrogen-bond acceptors (Lipinski definition) is 6. The Bertz CT molecular complexity index is 987. The summed E-state index contributed by atoms with van der Waals surface area (Å²) in [4.78, 5) is 19.1. The van der Waals surface area contributed by atoms with E-state index in [4.69, 9.17) is 14.7 Å². The minimum Gasteiger partial charge on any atom is -0.496 e. The lowest BCUT2D eigenvalue weighted by Crippen LogP contribution is -2.42. The standard InChI is InChI=1S/C22H23FN4O3/c1-29-20-3-2-16(23)10-15(20)12-22(5-6-22)26-21(28)19-11-17(4-7-25-19)27-8-9-30-18(13-24)14-27/h2-4,7,10-11,18H,5-6,8-9,12,14H2,1H3,(H,26,28)/t18-/m1/s1. The zero-order valence-electron chi connectivity index (χ0n) is 16.7. The van der Waals surface area contributed by atoms with Crippen LogP contribution in [0.4, 0.5) is 10.1 Å². The molecule has 2 aromatic rings. The van der Waals surface area contributed by atoms with Gasteiger partial charge in [0.25, 0.3) is 5.91 Å². The van der Waals surface area contributed by atoms with Crippen LogP contribution >= 0.6 is 0 Å². The maximum Gasteiger partial charge on any atom is 0.270 e. The highest BCUT2D eigenvalue weighted by molar-refractivity contribution is 5.94. The first-order valence-corrected chi connectivity index (χ1v) is 9.89. The molecular formula is C22H23FN4O3. The van der Waals surface area contributed by atoms with Gasteiger partial charge >= 0.3 is 0 Å². The predicted octanol–water partition coefficient (Wildman–Crippen LogP) is 2.46. The third kappa shape index (κ3) is 4.36. The fraction of sp³-hybridized carbons (Fsp3) is 0.409. The molecule has 1 aromatic heterocycles. The van der Waals surface area contributed by atoms with Gasteiger partial charge in [0.05, 0.1) is 26.3 Å². The molecule has 1 saturated carbocycles. The number of carbonyl (C=O) groups excluding carboxylic acids is 1. The van der Waals surface area contributed by atoms with Crippen LogP contribution in [0.3, 0.4) is 0 Å². The minimum atomic E-state index is -0.486. The lowest BCUT2D eigenvalue weighted by molar-refractivity contribution is 0.0764. The van der Waals surface area contributed by atoms with E-state index in [-0.39, 0.29) is 11.7 Å². The number of nitrogens with zero attached hydrogens (tertiary/aromatic N) is 3. The number of pyridine rings is 1. The van der Waals surface area contributed by atoms with Gasteiger partial charge in [0.1, 0.15) is 17.3 Å². The van der Waals surface area contributed by atoms with E-state index in [0.717, 1.165) is 24.1 Å². The number of morpholine rings is 1. The number of anilines is 1. The summed E-state index contributed by atoms with van der Waals surface area (Å²) >= 11 is 0. The van der Waals surface area contributed by atoms with Gasteiger partial charge in [-0.3, -0.25) is 9.78 Å². The van der Waals surface area contributed by atoms with Crippen molar-refractivity contribution in [3.05, 3.63) is 53.6 Å². The van der Waals surface area contributed by atoms with Gasteiger partial charge < -0.3 is 19.7 Å². The zero-order chi connectivity index (χ0) is 21.1. The molecule has 1 aliphatic carbocycles. The van der Waals surface area contributed by atoms with Crippen LogP contribution in [0.2, 0.25) is 0 Å². The van der Waals surface area contributed by atoms with Crippen LogP contribution in [-0.4, -0.2) is 49.3 Å². The molecular weight excluding hydrogens is 387 g/mol. The molecule has 1 atom stereocenters. The van der Waals surface area contributed by atoms with E-state index in [0.29, 0.717) is 37.6 Å². The van der Waals surface area contributed by atoms with Gasteiger partial charge in [-0.1, -0.05) is 0 Å². The van der Waals surface area contributed by atoms with Crippen molar-refractivity contribution in [2.24, 2.45) is 0 Å². The Morgan fingerprint density at radius 2 is 2.27 bits per heavy atom. The van der Waals surface area contributed by atoms with Crippen molar-refractivity contribution in [2.75, 3.05) is 31.7 Å². The molecule has 1 aliphatic heterocycles. The average molecular weight is 410 g/mol. The summed E-state index contributed by atoms with van der Waals surface area (Å²) in [6, 6.07) is 10.1. The van der Waals surface area contributed by atoms with Gasteiger partial charge in [0.15, 0.2) is 6.10 Å². The molecule has 0 spiro atoms. The highest BCUT2D eigenvalue weighted by atomic mass is 19.1. The summed E-state index contributed by atoms with van der Waals surface area (Å²) in [6.07, 6.45) is 3.22. The van der Waals surface area contributed by atoms with E-state index in [1.54, 1.807) is 25.4 Å². The fourth-order valence-corrected chi connectivity index (χ4v) is 3.75. The molecule has 1 N–H and O–H groups in total. The molecule has 2 fully saturated rings. The molecule has 30 heavy (non-hydrogen) atoms. The van der Waals surface area contributed by atoms with Crippen LogP contribution in [0.25, 0.3) is 0 Å². The third-order valence-electron chi connectivity index (χ3n) is 5.56. The zero-order valence-corrected chi connectivity index (χ0v) is 16.7. The molecule has 0 bridgehead atoms. The van der Waals surface area contributed by atoms with Gasteiger partial charge in [0, 0.05) is 24.0 Å². The lowest BCUT2D eigenvalue weighted by atomic mass is 10.0. The maximum absolute atomic E-state index is 13.7. The van der Waals surface area contributed by atoms with Gasteiger partial charge in [-0.05, 0) is 55.2 Å².